The van der Waals surface area contributed by atoms with Gasteiger partial charge in [0.05, 0.1) is 16.0 Å². The quantitative estimate of drug-likeness (QED) is 0.120. The summed E-state index contributed by atoms with van der Waals surface area (Å²) in [6, 6.07) is 15.8. The second kappa shape index (κ2) is 11.0. The van der Waals surface area contributed by atoms with Crippen LogP contribution in [-0.2, 0) is 16.1 Å². The Morgan fingerprint density at radius 3 is 2.50 bits per heavy atom. The Bertz CT molecular complexity index is 1400. The van der Waals surface area contributed by atoms with Gasteiger partial charge in [-0.2, -0.15) is 0 Å². The first kappa shape index (κ1) is 25.6. The number of hydrogen-bond acceptors (Lipinski definition) is 7. The number of aliphatic imine (C=N–C) groups is 1. The van der Waals surface area contributed by atoms with Gasteiger partial charge in [0, 0.05) is 21.7 Å². The van der Waals surface area contributed by atoms with Gasteiger partial charge in [-0.25, -0.2) is 9.79 Å². The number of nitro groups is 1. The van der Waals surface area contributed by atoms with Crippen LogP contribution >= 0.6 is 31.9 Å². The highest BCUT2D eigenvalue weighted by molar-refractivity contribution is 9.10. The van der Waals surface area contributed by atoms with E-state index in [4.69, 9.17) is 14.2 Å². The summed E-state index contributed by atoms with van der Waals surface area (Å²) < 4.78 is 18.8. The van der Waals surface area contributed by atoms with Crippen LogP contribution in [0.25, 0.3) is 6.08 Å². The predicted molar refractivity (Wildman–Crippen MR) is 142 cm³/mol. The Morgan fingerprint density at radius 1 is 1.08 bits per heavy atom. The topological polar surface area (TPSA) is 100 Å². The monoisotopic (exact) mass is 614 g/mol. The largest absolute Gasteiger partial charge is 0.490 e. The number of carbonyl (C=O) groups is 1. The molecule has 0 saturated carbocycles. The zero-order valence-corrected chi connectivity index (χ0v) is 22.5. The molecular formula is C26H20Br2N2O6. The van der Waals surface area contributed by atoms with E-state index in [1.54, 1.807) is 31.2 Å². The van der Waals surface area contributed by atoms with Gasteiger partial charge in [-0.3, -0.25) is 10.1 Å². The van der Waals surface area contributed by atoms with Crippen molar-refractivity contribution in [3.05, 3.63) is 102 Å². The van der Waals surface area contributed by atoms with Gasteiger partial charge in [-0.15, -0.1) is 0 Å². The average molecular weight is 616 g/mol. The normalized spacial score (nSPS) is 13.9. The maximum atomic E-state index is 12.5. The van der Waals surface area contributed by atoms with Crippen LogP contribution in [0.5, 0.6) is 11.5 Å². The number of hydrogen-bond donors (Lipinski definition) is 0. The summed E-state index contributed by atoms with van der Waals surface area (Å²) in [5.74, 6) is 0.521. The van der Waals surface area contributed by atoms with Crippen LogP contribution in [0.4, 0.5) is 5.69 Å². The first-order valence-corrected chi connectivity index (χ1v) is 12.5. The van der Waals surface area contributed by atoms with Crippen LogP contribution in [-0.4, -0.2) is 23.4 Å². The van der Waals surface area contributed by atoms with E-state index in [1.165, 1.54) is 12.1 Å². The standard InChI is InChI=1S/C26H20Br2N2O6/c1-3-34-23-13-17(11-20(28)24(23)35-14-16-4-7-19(27)8-5-16)12-21-26(31)36-25(29-21)18-6-9-22(30(32)33)15(2)10-18/h4-13H,3,14H2,1-2H3/b21-12-. The molecule has 8 nitrogen and oxygen atoms in total. The number of esters is 1. The lowest BCUT2D eigenvalue weighted by Gasteiger charge is -2.15. The molecule has 0 bridgehead atoms. The summed E-state index contributed by atoms with van der Waals surface area (Å²) in [5.41, 5.74) is 2.64. The third kappa shape index (κ3) is 5.83. The van der Waals surface area contributed by atoms with Gasteiger partial charge in [-0.05, 0) is 83.4 Å². The Labute approximate surface area is 224 Å². The Morgan fingerprint density at radius 2 is 1.83 bits per heavy atom. The van der Waals surface area contributed by atoms with E-state index in [9.17, 15) is 14.9 Å². The van der Waals surface area contributed by atoms with Crippen LogP contribution < -0.4 is 9.47 Å². The Kier molecular flexibility index (Phi) is 7.85. The highest BCUT2D eigenvalue weighted by Crippen LogP contribution is 2.38. The van der Waals surface area contributed by atoms with Crippen molar-refractivity contribution in [3.8, 4) is 11.5 Å². The van der Waals surface area contributed by atoms with Crippen molar-refractivity contribution in [1.29, 1.82) is 0 Å². The summed E-state index contributed by atoms with van der Waals surface area (Å²) >= 11 is 6.96. The van der Waals surface area contributed by atoms with Gasteiger partial charge in [0.25, 0.3) is 5.69 Å². The van der Waals surface area contributed by atoms with Gasteiger partial charge in [0.1, 0.15) is 6.61 Å². The van der Waals surface area contributed by atoms with Crippen molar-refractivity contribution in [2.45, 2.75) is 20.5 Å². The number of ether oxygens (including phenoxy) is 3. The molecule has 0 radical (unpaired) electrons. The predicted octanol–water partition coefficient (Wildman–Crippen LogP) is 6.75. The molecule has 1 aliphatic rings. The number of carbonyl (C=O) groups excluding carboxylic acids is 1. The molecule has 0 fully saturated rings. The van der Waals surface area contributed by atoms with Gasteiger partial charge < -0.3 is 14.2 Å². The molecule has 0 unspecified atom stereocenters. The molecule has 3 aromatic rings. The van der Waals surface area contributed by atoms with Crippen molar-refractivity contribution in [1.82, 2.24) is 0 Å². The molecule has 36 heavy (non-hydrogen) atoms. The Balaban J connectivity index is 1.60. The first-order chi connectivity index (χ1) is 17.2. The fraction of sp³-hybridized carbons (Fsp3) is 0.154. The highest BCUT2D eigenvalue weighted by Gasteiger charge is 2.26. The highest BCUT2D eigenvalue weighted by atomic mass is 79.9. The molecule has 0 amide bonds. The van der Waals surface area contributed by atoms with Crippen molar-refractivity contribution in [2.75, 3.05) is 6.61 Å². The maximum Gasteiger partial charge on any atom is 0.363 e. The SMILES string of the molecule is CCOc1cc(/C=C2\N=C(c3ccc([N+](=O)[O-])c(C)c3)OC2=O)cc(Br)c1OCc1ccc(Br)cc1. The molecule has 0 N–H and O–H groups in total. The molecule has 0 aliphatic carbocycles. The number of nitrogens with zero attached hydrogens (tertiary/aromatic N) is 2. The molecule has 10 heteroatoms. The fourth-order valence-corrected chi connectivity index (χ4v) is 4.33. The molecule has 1 aliphatic heterocycles. The maximum absolute atomic E-state index is 12.5. The summed E-state index contributed by atoms with van der Waals surface area (Å²) in [7, 11) is 0. The minimum Gasteiger partial charge on any atom is -0.490 e. The van der Waals surface area contributed by atoms with Crippen molar-refractivity contribution in [2.24, 2.45) is 4.99 Å². The molecule has 0 aromatic heterocycles. The number of aryl methyl sites for hydroxylation is 1. The fourth-order valence-electron chi connectivity index (χ4n) is 3.49. The zero-order chi connectivity index (χ0) is 25.8. The number of halogens is 2. The summed E-state index contributed by atoms with van der Waals surface area (Å²) in [4.78, 5) is 27.4. The van der Waals surface area contributed by atoms with E-state index in [-0.39, 0.29) is 17.3 Å². The van der Waals surface area contributed by atoms with E-state index in [0.29, 0.717) is 45.9 Å². The molecule has 4 rings (SSSR count). The molecule has 3 aromatic carbocycles. The second-order valence-corrected chi connectivity index (χ2v) is 9.54. The molecule has 0 saturated heterocycles. The van der Waals surface area contributed by atoms with Crippen LogP contribution in [0.15, 0.2) is 74.2 Å². The van der Waals surface area contributed by atoms with E-state index in [0.717, 1.165) is 10.0 Å². The van der Waals surface area contributed by atoms with Gasteiger partial charge in [0.2, 0.25) is 5.90 Å². The van der Waals surface area contributed by atoms with Crippen LogP contribution in [0.3, 0.4) is 0 Å². The van der Waals surface area contributed by atoms with Gasteiger partial charge in [0.15, 0.2) is 17.2 Å². The molecular weight excluding hydrogens is 596 g/mol. The van der Waals surface area contributed by atoms with Crippen molar-refractivity contribution in [3.63, 3.8) is 0 Å². The van der Waals surface area contributed by atoms with Gasteiger partial charge in [-0.1, -0.05) is 28.1 Å². The lowest BCUT2D eigenvalue weighted by molar-refractivity contribution is -0.385. The lowest BCUT2D eigenvalue weighted by atomic mass is 10.1. The smallest absolute Gasteiger partial charge is 0.363 e. The Hall–Kier alpha value is -3.50. The first-order valence-electron chi connectivity index (χ1n) is 10.9. The number of rotatable bonds is 8. The van der Waals surface area contributed by atoms with Crippen LogP contribution in [0.1, 0.15) is 29.2 Å². The second-order valence-electron chi connectivity index (χ2n) is 7.77. The molecule has 0 atom stereocenters. The van der Waals surface area contributed by atoms with Gasteiger partial charge >= 0.3 is 5.97 Å². The number of benzene rings is 3. The van der Waals surface area contributed by atoms with E-state index < -0.39 is 10.9 Å². The number of nitro benzene ring substituents is 1. The zero-order valence-electron chi connectivity index (χ0n) is 19.3. The summed E-state index contributed by atoms with van der Waals surface area (Å²) in [5, 5.41) is 11.1. The number of cyclic esters (lactones) is 1. The minimum atomic E-state index is -0.620. The van der Waals surface area contributed by atoms with E-state index in [2.05, 4.69) is 36.9 Å². The molecule has 184 valence electrons. The minimum absolute atomic E-state index is 0.0183. The molecule has 1 heterocycles. The summed E-state index contributed by atoms with van der Waals surface area (Å²) in [6.45, 7) is 4.25. The molecule has 0 spiro atoms. The van der Waals surface area contributed by atoms with Crippen molar-refractivity contribution < 1.29 is 23.9 Å². The van der Waals surface area contributed by atoms with Crippen LogP contribution in [0.2, 0.25) is 0 Å². The average Bonchev–Trinajstić information content (AvgIpc) is 3.19. The lowest BCUT2D eigenvalue weighted by Crippen LogP contribution is -2.06. The third-order valence-electron chi connectivity index (χ3n) is 5.19. The van der Waals surface area contributed by atoms with E-state index >= 15 is 0 Å². The van der Waals surface area contributed by atoms with E-state index in [1.807, 2.05) is 31.2 Å². The summed E-state index contributed by atoms with van der Waals surface area (Å²) in [6.07, 6.45) is 1.58. The van der Waals surface area contributed by atoms with Crippen LogP contribution in [0, 0.1) is 17.0 Å². The third-order valence-corrected chi connectivity index (χ3v) is 6.31. The van der Waals surface area contributed by atoms with Crippen molar-refractivity contribution >= 4 is 55.5 Å².